The molecular weight excluding hydrogens is 415 g/mol. The van der Waals surface area contributed by atoms with Gasteiger partial charge in [0.25, 0.3) is 0 Å². The Balaban J connectivity index is 0.00000288. The molecule has 2 N–H and O–H groups in total. The van der Waals surface area contributed by atoms with Gasteiger partial charge in [0.1, 0.15) is 5.75 Å². The number of para-hydroxylation sites is 1. The third kappa shape index (κ3) is 6.47. The van der Waals surface area contributed by atoms with E-state index in [1.54, 1.807) is 14.2 Å². The van der Waals surface area contributed by atoms with Crippen LogP contribution in [-0.2, 0) is 6.54 Å². The zero-order chi connectivity index (χ0) is 16.5. The van der Waals surface area contributed by atoms with E-state index in [1.807, 2.05) is 18.2 Å². The maximum Gasteiger partial charge on any atom is 0.191 e. The van der Waals surface area contributed by atoms with Crippen molar-refractivity contribution in [1.82, 2.24) is 15.5 Å². The zero-order valence-electron chi connectivity index (χ0n) is 15.0. The molecule has 2 rings (SSSR count). The van der Waals surface area contributed by atoms with Crippen LogP contribution in [0, 0.1) is 0 Å². The van der Waals surface area contributed by atoms with Crippen LogP contribution in [0.4, 0.5) is 0 Å². The summed E-state index contributed by atoms with van der Waals surface area (Å²) in [5.41, 5.74) is 1.13. The molecule has 1 saturated heterocycles. The van der Waals surface area contributed by atoms with Crippen LogP contribution in [0.1, 0.15) is 31.7 Å². The second-order valence-corrected chi connectivity index (χ2v) is 6.05. The van der Waals surface area contributed by atoms with Crippen molar-refractivity contribution in [2.24, 2.45) is 4.99 Å². The first kappa shape index (κ1) is 21.0. The molecule has 1 aromatic carbocycles. The number of methoxy groups -OCH3 is 1. The smallest absolute Gasteiger partial charge is 0.191 e. The molecule has 0 amide bonds. The van der Waals surface area contributed by atoms with Crippen LogP contribution in [0.3, 0.4) is 0 Å². The van der Waals surface area contributed by atoms with Gasteiger partial charge in [-0.15, -0.1) is 24.0 Å². The van der Waals surface area contributed by atoms with Crippen molar-refractivity contribution in [2.45, 2.75) is 38.8 Å². The fourth-order valence-electron chi connectivity index (χ4n) is 3.06. The predicted octanol–water partition coefficient (Wildman–Crippen LogP) is 2.85. The number of piperidine rings is 1. The second-order valence-electron chi connectivity index (χ2n) is 6.05. The molecule has 1 heterocycles. The molecule has 0 spiro atoms. The molecule has 0 aromatic heterocycles. The molecule has 1 aliphatic heterocycles. The average Bonchev–Trinajstić information content (AvgIpc) is 2.59. The highest BCUT2D eigenvalue weighted by atomic mass is 127. The Kier molecular flexibility index (Phi) is 10.1. The molecule has 1 aliphatic rings. The van der Waals surface area contributed by atoms with Crippen LogP contribution in [0.2, 0.25) is 0 Å². The van der Waals surface area contributed by atoms with Crippen molar-refractivity contribution in [1.29, 1.82) is 0 Å². The van der Waals surface area contributed by atoms with Crippen LogP contribution in [-0.4, -0.2) is 50.7 Å². The van der Waals surface area contributed by atoms with Gasteiger partial charge in [-0.25, -0.2) is 0 Å². The van der Waals surface area contributed by atoms with E-state index >= 15 is 0 Å². The lowest BCUT2D eigenvalue weighted by Gasteiger charge is -2.33. The number of halogens is 1. The van der Waals surface area contributed by atoms with Crippen molar-refractivity contribution in [3.05, 3.63) is 29.8 Å². The Morgan fingerprint density at radius 1 is 1.29 bits per heavy atom. The SMILES string of the molecule is CN=C(NCCN1CCCCC1C)NCc1ccccc1OC.I. The Morgan fingerprint density at radius 3 is 2.79 bits per heavy atom. The Labute approximate surface area is 163 Å². The van der Waals surface area contributed by atoms with Crippen LogP contribution in [0.25, 0.3) is 0 Å². The van der Waals surface area contributed by atoms with Gasteiger partial charge in [-0.2, -0.15) is 0 Å². The summed E-state index contributed by atoms with van der Waals surface area (Å²) in [5, 5.41) is 6.75. The molecule has 0 saturated carbocycles. The number of hydrogen-bond donors (Lipinski definition) is 2. The lowest BCUT2D eigenvalue weighted by molar-refractivity contribution is 0.163. The van der Waals surface area contributed by atoms with Crippen molar-refractivity contribution < 1.29 is 4.74 Å². The number of rotatable bonds is 6. The number of nitrogens with zero attached hydrogens (tertiary/aromatic N) is 2. The van der Waals surface area contributed by atoms with Crippen molar-refractivity contribution in [3.8, 4) is 5.75 Å². The van der Waals surface area contributed by atoms with E-state index in [4.69, 9.17) is 4.74 Å². The topological polar surface area (TPSA) is 48.9 Å². The molecule has 1 atom stereocenters. The monoisotopic (exact) mass is 446 g/mol. The number of guanidine groups is 1. The van der Waals surface area contributed by atoms with E-state index in [0.717, 1.165) is 30.4 Å². The summed E-state index contributed by atoms with van der Waals surface area (Å²) in [6, 6.07) is 8.75. The summed E-state index contributed by atoms with van der Waals surface area (Å²) in [5.74, 6) is 1.73. The largest absolute Gasteiger partial charge is 0.496 e. The lowest BCUT2D eigenvalue weighted by atomic mass is 10.0. The number of ether oxygens (including phenoxy) is 1. The maximum atomic E-state index is 5.38. The van der Waals surface area contributed by atoms with Crippen LogP contribution >= 0.6 is 24.0 Å². The van der Waals surface area contributed by atoms with E-state index in [9.17, 15) is 0 Å². The lowest BCUT2D eigenvalue weighted by Crippen LogP contribution is -2.45. The van der Waals surface area contributed by atoms with E-state index < -0.39 is 0 Å². The average molecular weight is 446 g/mol. The Bertz CT molecular complexity index is 510. The molecule has 0 radical (unpaired) electrons. The van der Waals surface area contributed by atoms with Gasteiger partial charge < -0.3 is 15.4 Å². The fraction of sp³-hybridized carbons (Fsp3) is 0.611. The first-order valence-corrected chi connectivity index (χ1v) is 8.55. The summed E-state index contributed by atoms with van der Waals surface area (Å²) in [7, 11) is 3.51. The van der Waals surface area contributed by atoms with Gasteiger partial charge in [0.15, 0.2) is 5.96 Å². The quantitative estimate of drug-likeness (QED) is 0.401. The highest BCUT2D eigenvalue weighted by Crippen LogP contribution is 2.17. The first-order valence-electron chi connectivity index (χ1n) is 8.55. The Morgan fingerprint density at radius 2 is 2.08 bits per heavy atom. The van der Waals surface area contributed by atoms with Crippen LogP contribution < -0.4 is 15.4 Å². The minimum atomic E-state index is 0. The van der Waals surface area contributed by atoms with Crippen molar-refractivity contribution in [3.63, 3.8) is 0 Å². The molecule has 1 aromatic rings. The van der Waals surface area contributed by atoms with Gasteiger partial charge in [0.05, 0.1) is 7.11 Å². The van der Waals surface area contributed by atoms with Gasteiger partial charge >= 0.3 is 0 Å². The van der Waals surface area contributed by atoms with E-state index in [1.165, 1.54) is 25.8 Å². The standard InChI is InChI=1S/C18H30N4O.HI/c1-15-8-6-7-12-22(15)13-11-20-18(19-2)21-14-16-9-4-5-10-17(16)23-3;/h4-5,9-10,15H,6-8,11-14H2,1-3H3,(H2,19,20,21);1H. The Hall–Kier alpha value is -1.02. The van der Waals surface area contributed by atoms with E-state index in [0.29, 0.717) is 12.6 Å². The minimum Gasteiger partial charge on any atom is -0.496 e. The maximum absolute atomic E-state index is 5.38. The van der Waals surface area contributed by atoms with Crippen molar-refractivity contribution in [2.75, 3.05) is 33.8 Å². The number of benzene rings is 1. The molecule has 6 heteroatoms. The molecule has 1 fully saturated rings. The summed E-state index contributed by atoms with van der Waals surface area (Å²) in [4.78, 5) is 6.85. The third-order valence-corrected chi connectivity index (χ3v) is 4.49. The molecule has 136 valence electrons. The van der Waals surface area contributed by atoms with Gasteiger partial charge in [0, 0.05) is 38.3 Å². The summed E-state index contributed by atoms with van der Waals surface area (Å²) in [6.45, 7) is 6.22. The highest BCUT2D eigenvalue weighted by Gasteiger charge is 2.17. The van der Waals surface area contributed by atoms with Crippen LogP contribution in [0.15, 0.2) is 29.3 Å². The van der Waals surface area contributed by atoms with Gasteiger partial charge in [-0.3, -0.25) is 9.89 Å². The fourth-order valence-corrected chi connectivity index (χ4v) is 3.06. The minimum absolute atomic E-state index is 0. The molecule has 5 nitrogen and oxygen atoms in total. The molecule has 1 unspecified atom stereocenters. The number of aliphatic imine (C=N–C) groups is 1. The normalized spacial score (nSPS) is 18.6. The summed E-state index contributed by atoms with van der Waals surface area (Å²) < 4.78 is 5.38. The van der Waals surface area contributed by atoms with Gasteiger partial charge in [0.2, 0.25) is 0 Å². The summed E-state index contributed by atoms with van der Waals surface area (Å²) >= 11 is 0. The van der Waals surface area contributed by atoms with Gasteiger partial charge in [-0.1, -0.05) is 24.6 Å². The molecule has 0 bridgehead atoms. The molecule has 24 heavy (non-hydrogen) atoms. The van der Waals surface area contributed by atoms with E-state index in [2.05, 4.69) is 33.5 Å². The number of nitrogens with one attached hydrogen (secondary N) is 2. The van der Waals surface area contributed by atoms with Gasteiger partial charge in [-0.05, 0) is 32.4 Å². The first-order chi connectivity index (χ1) is 11.2. The highest BCUT2D eigenvalue weighted by molar-refractivity contribution is 14.0. The van der Waals surface area contributed by atoms with E-state index in [-0.39, 0.29) is 24.0 Å². The predicted molar refractivity (Wildman–Crippen MR) is 111 cm³/mol. The third-order valence-electron chi connectivity index (χ3n) is 4.49. The van der Waals surface area contributed by atoms with Crippen LogP contribution in [0.5, 0.6) is 5.75 Å². The second kappa shape index (κ2) is 11.5. The summed E-state index contributed by atoms with van der Waals surface area (Å²) in [6.07, 6.45) is 4.01. The zero-order valence-corrected chi connectivity index (χ0v) is 17.4. The molecule has 0 aliphatic carbocycles. The number of hydrogen-bond acceptors (Lipinski definition) is 3. The number of likely N-dealkylation sites (tertiary alicyclic amines) is 1. The van der Waals surface area contributed by atoms with Crippen molar-refractivity contribution >= 4 is 29.9 Å². The molecular formula is C18H31IN4O.